The quantitative estimate of drug-likeness (QED) is 0.518. The van der Waals surface area contributed by atoms with E-state index in [1.807, 2.05) is 48.5 Å². The molecule has 2 aliphatic carbocycles. The summed E-state index contributed by atoms with van der Waals surface area (Å²) in [6.45, 7) is 17.9. The number of carbonyl (C=O) groups is 2. The SMILES string of the molecule is C.CC(C)C(=O)C1CC1.CC(C)C(=O)OC(C)(C)C.CC(C)C1CCC1. The standard InChI is InChI=1S/C8H16O2.C7H12O.C7H14.CH4/c1-6(2)7(9)10-8(3,4)5;1-5(2)7(8)6-3-4-6;1-6(2)7-4-3-5-7;/h6H,1-5H3;5-6H,3-4H2,1-2H3;6-7H,3-5H2,1-2H3;1H4. The van der Waals surface area contributed by atoms with Crippen LogP contribution in [0.15, 0.2) is 0 Å². The highest BCUT2D eigenvalue weighted by molar-refractivity contribution is 5.84. The zero-order chi connectivity index (χ0) is 19.8. The maximum atomic E-state index is 10.9. The highest BCUT2D eigenvalue weighted by Crippen LogP contribution is 2.32. The molecule has 0 heterocycles. The van der Waals surface area contributed by atoms with E-state index in [1.165, 1.54) is 19.3 Å². The van der Waals surface area contributed by atoms with Crippen LogP contribution >= 0.6 is 0 Å². The van der Waals surface area contributed by atoms with Gasteiger partial charge in [0, 0.05) is 11.8 Å². The molecule has 2 rings (SSSR count). The fraction of sp³-hybridized carbons (Fsp3) is 0.913. The van der Waals surface area contributed by atoms with Gasteiger partial charge in [0.05, 0.1) is 5.92 Å². The fourth-order valence-corrected chi connectivity index (χ4v) is 2.37. The number of ketones is 1. The van der Waals surface area contributed by atoms with Crippen molar-refractivity contribution < 1.29 is 14.3 Å². The van der Waals surface area contributed by atoms with Crippen molar-refractivity contribution >= 4 is 11.8 Å². The smallest absolute Gasteiger partial charge is 0.308 e. The van der Waals surface area contributed by atoms with Crippen molar-refractivity contribution in [2.45, 2.75) is 107 Å². The van der Waals surface area contributed by atoms with Gasteiger partial charge in [0.25, 0.3) is 0 Å². The summed E-state index contributed by atoms with van der Waals surface area (Å²) in [5.41, 5.74) is -0.346. The molecule has 0 spiro atoms. The Hall–Kier alpha value is -0.860. The average molecular weight is 371 g/mol. The Morgan fingerprint density at radius 3 is 1.38 bits per heavy atom. The van der Waals surface area contributed by atoms with Crippen LogP contribution in [0.2, 0.25) is 0 Å². The molecule has 0 amide bonds. The van der Waals surface area contributed by atoms with E-state index in [-0.39, 0.29) is 30.8 Å². The predicted molar refractivity (Wildman–Crippen MR) is 112 cm³/mol. The summed E-state index contributed by atoms with van der Waals surface area (Å²) in [5, 5.41) is 0. The van der Waals surface area contributed by atoms with E-state index in [9.17, 15) is 9.59 Å². The summed E-state index contributed by atoms with van der Waals surface area (Å²) < 4.78 is 5.06. The molecule has 0 N–H and O–H groups in total. The van der Waals surface area contributed by atoms with E-state index >= 15 is 0 Å². The van der Waals surface area contributed by atoms with E-state index in [0.29, 0.717) is 11.7 Å². The number of hydrogen-bond donors (Lipinski definition) is 0. The fourth-order valence-electron chi connectivity index (χ4n) is 2.37. The predicted octanol–water partition coefficient (Wildman–Crippen LogP) is 6.68. The van der Waals surface area contributed by atoms with Gasteiger partial charge < -0.3 is 4.74 Å². The summed E-state index contributed by atoms with van der Waals surface area (Å²) in [4.78, 5) is 21.8. The number of ether oxygens (including phenoxy) is 1. The Balaban J connectivity index is 0. The molecule has 2 saturated carbocycles. The first-order valence-corrected chi connectivity index (χ1v) is 10.1. The van der Waals surface area contributed by atoms with E-state index in [4.69, 9.17) is 4.74 Å². The Morgan fingerprint density at radius 1 is 0.846 bits per heavy atom. The molecule has 3 heteroatoms. The Bertz CT molecular complexity index is 390. The van der Waals surface area contributed by atoms with Crippen molar-refractivity contribution in [2.24, 2.45) is 29.6 Å². The lowest BCUT2D eigenvalue weighted by Crippen LogP contribution is -2.26. The minimum Gasteiger partial charge on any atom is -0.460 e. The second-order valence-electron chi connectivity index (χ2n) is 9.45. The maximum absolute atomic E-state index is 10.9. The first kappa shape index (κ1) is 27.4. The zero-order valence-corrected chi connectivity index (χ0v) is 18.1. The molecule has 26 heavy (non-hydrogen) atoms. The van der Waals surface area contributed by atoms with Crippen LogP contribution in [0.3, 0.4) is 0 Å². The average Bonchev–Trinajstić information content (AvgIpc) is 3.18. The molecule has 3 nitrogen and oxygen atoms in total. The second kappa shape index (κ2) is 12.5. The molecule has 0 aromatic heterocycles. The van der Waals surface area contributed by atoms with Gasteiger partial charge in [-0.15, -0.1) is 0 Å². The molecule has 2 aliphatic rings. The summed E-state index contributed by atoms with van der Waals surface area (Å²) in [7, 11) is 0. The van der Waals surface area contributed by atoms with Crippen molar-refractivity contribution in [3.05, 3.63) is 0 Å². The lowest BCUT2D eigenvalue weighted by molar-refractivity contribution is -0.158. The van der Waals surface area contributed by atoms with E-state index < -0.39 is 0 Å². The van der Waals surface area contributed by atoms with Crippen LogP contribution in [0.4, 0.5) is 0 Å². The van der Waals surface area contributed by atoms with Gasteiger partial charge in [-0.1, -0.05) is 68.2 Å². The summed E-state index contributed by atoms with van der Waals surface area (Å²) >= 11 is 0. The van der Waals surface area contributed by atoms with Gasteiger partial charge in [-0.3, -0.25) is 9.59 Å². The summed E-state index contributed by atoms with van der Waals surface area (Å²) in [6.07, 6.45) is 6.78. The van der Waals surface area contributed by atoms with Crippen LogP contribution < -0.4 is 0 Å². The van der Waals surface area contributed by atoms with Gasteiger partial charge >= 0.3 is 5.97 Å². The number of hydrogen-bond acceptors (Lipinski definition) is 3. The third-order valence-corrected chi connectivity index (χ3v) is 4.52. The maximum Gasteiger partial charge on any atom is 0.308 e. The Kier molecular flexibility index (Phi) is 13.2. The second-order valence-corrected chi connectivity index (χ2v) is 9.45. The van der Waals surface area contributed by atoms with Crippen molar-refractivity contribution in [2.75, 3.05) is 0 Å². The van der Waals surface area contributed by atoms with Gasteiger partial charge in [0.15, 0.2) is 0 Å². The Labute approximate surface area is 163 Å². The molecule has 2 fully saturated rings. The highest BCUT2D eigenvalue weighted by atomic mass is 16.6. The van der Waals surface area contributed by atoms with Gasteiger partial charge in [-0.2, -0.15) is 0 Å². The molecular weight excluding hydrogens is 324 g/mol. The first-order valence-electron chi connectivity index (χ1n) is 10.1. The molecular formula is C23H46O3. The molecule has 0 aromatic carbocycles. The summed E-state index contributed by atoms with van der Waals surface area (Å²) in [5.74, 6) is 3.06. The minimum atomic E-state index is -0.346. The zero-order valence-electron chi connectivity index (χ0n) is 18.1. The monoisotopic (exact) mass is 370 g/mol. The molecule has 0 unspecified atom stereocenters. The lowest BCUT2D eigenvalue weighted by Gasteiger charge is -2.28. The molecule has 156 valence electrons. The molecule has 0 aliphatic heterocycles. The molecule has 0 radical (unpaired) electrons. The van der Waals surface area contributed by atoms with Crippen molar-refractivity contribution in [3.63, 3.8) is 0 Å². The van der Waals surface area contributed by atoms with Crippen LogP contribution in [0.1, 0.15) is 102 Å². The summed E-state index contributed by atoms with van der Waals surface area (Å²) in [6, 6.07) is 0. The third-order valence-electron chi connectivity index (χ3n) is 4.52. The Morgan fingerprint density at radius 2 is 1.31 bits per heavy atom. The van der Waals surface area contributed by atoms with Crippen molar-refractivity contribution in [1.29, 1.82) is 0 Å². The molecule has 0 aromatic rings. The van der Waals surface area contributed by atoms with Crippen molar-refractivity contribution in [3.8, 4) is 0 Å². The normalized spacial score (nSPS) is 16.6. The van der Waals surface area contributed by atoms with Crippen molar-refractivity contribution in [1.82, 2.24) is 0 Å². The highest BCUT2D eigenvalue weighted by Gasteiger charge is 2.30. The van der Waals surface area contributed by atoms with Crippen LogP contribution in [-0.2, 0) is 14.3 Å². The van der Waals surface area contributed by atoms with E-state index in [2.05, 4.69) is 13.8 Å². The minimum absolute atomic E-state index is 0. The number of carbonyl (C=O) groups excluding carboxylic acids is 2. The lowest BCUT2D eigenvalue weighted by atomic mass is 9.78. The topological polar surface area (TPSA) is 43.4 Å². The molecule has 0 saturated heterocycles. The van der Waals surface area contributed by atoms with Gasteiger partial charge in [0.1, 0.15) is 11.4 Å². The largest absolute Gasteiger partial charge is 0.460 e. The van der Waals surface area contributed by atoms with Crippen LogP contribution in [-0.4, -0.2) is 17.4 Å². The van der Waals surface area contributed by atoms with Gasteiger partial charge in [0.2, 0.25) is 0 Å². The first-order chi connectivity index (χ1) is 11.3. The number of esters is 1. The molecule has 0 bridgehead atoms. The molecule has 0 atom stereocenters. The third kappa shape index (κ3) is 13.4. The van der Waals surface area contributed by atoms with Crippen LogP contribution in [0.5, 0.6) is 0 Å². The van der Waals surface area contributed by atoms with E-state index in [0.717, 1.165) is 24.7 Å². The van der Waals surface area contributed by atoms with E-state index in [1.54, 1.807) is 0 Å². The van der Waals surface area contributed by atoms with Gasteiger partial charge in [-0.05, 0) is 45.4 Å². The van der Waals surface area contributed by atoms with Crippen LogP contribution in [0, 0.1) is 29.6 Å². The van der Waals surface area contributed by atoms with Gasteiger partial charge in [-0.25, -0.2) is 0 Å². The van der Waals surface area contributed by atoms with Crippen LogP contribution in [0.25, 0.3) is 0 Å². The number of rotatable bonds is 4. The number of Topliss-reactive ketones (excluding diaryl/α,β-unsaturated/α-hetero) is 1.